The summed E-state index contributed by atoms with van der Waals surface area (Å²) in [6, 6.07) is 21.3. The molecule has 0 aliphatic rings. The predicted octanol–water partition coefficient (Wildman–Crippen LogP) is 4.89. The van der Waals surface area contributed by atoms with Crippen molar-refractivity contribution < 1.29 is 19.4 Å². The van der Waals surface area contributed by atoms with E-state index in [0.717, 1.165) is 27.7 Å². The van der Waals surface area contributed by atoms with Crippen LogP contribution in [0.15, 0.2) is 72.8 Å². The maximum Gasteiger partial charge on any atom is 0.338 e. The van der Waals surface area contributed by atoms with Crippen molar-refractivity contribution in [2.75, 3.05) is 6.61 Å². The van der Waals surface area contributed by atoms with E-state index in [1.807, 2.05) is 31.2 Å². The number of fused-ring (bicyclic) bond motifs is 1. The van der Waals surface area contributed by atoms with Gasteiger partial charge < -0.3 is 14.8 Å². The SMILES string of the molecule is Cc1[nH]c2ccccc2c1C(=O)COC(=O)c1ccc(-c2ccc(O)cc2)cc1. The summed E-state index contributed by atoms with van der Waals surface area (Å²) in [4.78, 5) is 28.1. The van der Waals surface area contributed by atoms with Crippen molar-refractivity contribution in [3.05, 3.63) is 89.6 Å². The van der Waals surface area contributed by atoms with Gasteiger partial charge in [-0.3, -0.25) is 4.79 Å². The first-order chi connectivity index (χ1) is 14.0. The molecule has 0 bridgehead atoms. The Morgan fingerprint density at radius 3 is 2.21 bits per heavy atom. The number of phenolic OH excluding ortho intramolecular Hbond substituents is 1. The van der Waals surface area contributed by atoms with Crippen LogP contribution in [0.1, 0.15) is 26.4 Å². The Kier molecular flexibility index (Phi) is 4.87. The third-order valence-electron chi connectivity index (χ3n) is 4.83. The fourth-order valence-electron chi connectivity index (χ4n) is 3.38. The quantitative estimate of drug-likeness (QED) is 0.379. The van der Waals surface area contributed by atoms with Crippen molar-refractivity contribution in [2.24, 2.45) is 0 Å². The van der Waals surface area contributed by atoms with E-state index in [2.05, 4.69) is 4.98 Å². The van der Waals surface area contributed by atoms with E-state index < -0.39 is 5.97 Å². The molecular formula is C24H19NO4. The second kappa shape index (κ2) is 7.64. The number of Topliss-reactive ketones (excluding diaryl/α,β-unsaturated/α-hetero) is 1. The highest BCUT2D eigenvalue weighted by Crippen LogP contribution is 2.24. The summed E-state index contributed by atoms with van der Waals surface area (Å²) in [6.07, 6.45) is 0. The van der Waals surface area contributed by atoms with E-state index >= 15 is 0 Å². The largest absolute Gasteiger partial charge is 0.508 e. The van der Waals surface area contributed by atoms with Gasteiger partial charge in [0.1, 0.15) is 5.75 Å². The van der Waals surface area contributed by atoms with Gasteiger partial charge in [0, 0.05) is 22.2 Å². The number of hydrogen-bond donors (Lipinski definition) is 2. The van der Waals surface area contributed by atoms with Crippen LogP contribution in [0.3, 0.4) is 0 Å². The van der Waals surface area contributed by atoms with Gasteiger partial charge in [-0.15, -0.1) is 0 Å². The van der Waals surface area contributed by atoms with Crippen molar-refractivity contribution in [1.82, 2.24) is 4.98 Å². The van der Waals surface area contributed by atoms with Gasteiger partial charge in [-0.1, -0.05) is 42.5 Å². The molecule has 2 N–H and O–H groups in total. The lowest BCUT2D eigenvalue weighted by molar-refractivity contribution is 0.0475. The number of aryl methyl sites for hydroxylation is 1. The Morgan fingerprint density at radius 2 is 1.52 bits per heavy atom. The third kappa shape index (κ3) is 3.75. The van der Waals surface area contributed by atoms with Crippen LogP contribution in [0.2, 0.25) is 0 Å². The summed E-state index contributed by atoms with van der Waals surface area (Å²) in [5.74, 6) is -0.592. The predicted molar refractivity (Wildman–Crippen MR) is 111 cm³/mol. The molecule has 0 spiro atoms. The van der Waals surface area contributed by atoms with Gasteiger partial charge in [0.2, 0.25) is 5.78 Å². The number of aromatic nitrogens is 1. The molecule has 5 heteroatoms. The van der Waals surface area contributed by atoms with Crippen molar-refractivity contribution in [1.29, 1.82) is 0 Å². The normalized spacial score (nSPS) is 10.8. The molecule has 0 atom stereocenters. The Bertz CT molecular complexity index is 1190. The second-order valence-corrected chi connectivity index (χ2v) is 6.79. The number of nitrogens with one attached hydrogen (secondary N) is 1. The molecule has 3 aromatic carbocycles. The van der Waals surface area contributed by atoms with Gasteiger partial charge in [-0.25, -0.2) is 4.79 Å². The molecule has 144 valence electrons. The average molecular weight is 385 g/mol. The molecule has 5 nitrogen and oxygen atoms in total. The first-order valence-electron chi connectivity index (χ1n) is 9.20. The number of ketones is 1. The van der Waals surface area contributed by atoms with Gasteiger partial charge in [-0.2, -0.15) is 0 Å². The Labute approximate surface area is 167 Å². The number of aromatic hydroxyl groups is 1. The number of benzene rings is 3. The first-order valence-corrected chi connectivity index (χ1v) is 9.20. The Balaban J connectivity index is 1.44. The van der Waals surface area contributed by atoms with Crippen LogP contribution in [-0.4, -0.2) is 28.4 Å². The van der Waals surface area contributed by atoms with Gasteiger partial charge in [0.05, 0.1) is 5.56 Å². The molecule has 0 aliphatic heterocycles. The minimum absolute atomic E-state index is 0.198. The van der Waals surface area contributed by atoms with E-state index in [0.29, 0.717) is 11.1 Å². The van der Waals surface area contributed by atoms with Crippen LogP contribution in [0, 0.1) is 6.92 Å². The van der Waals surface area contributed by atoms with E-state index in [1.165, 1.54) is 0 Å². The van der Waals surface area contributed by atoms with Crippen LogP contribution < -0.4 is 0 Å². The lowest BCUT2D eigenvalue weighted by Crippen LogP contribution is -2.14. The van der Waals surface area contributed by atoms with Crippen LogP contribution in [0.25, 0.3) is 22.0 Å². The first kappa shape index (κ1) is 18.5. The smallest absolute Gasteiger partial charge is 0.338 e. The average Bonchev–Trinajstić information content (AvgIpc) is 3.08. The van der Waals surface area contributed by atoms with Crippen LogP contribution in [0.5, 0.6) is 5.75 Å². The Hall–Kier alpha value is -3.86. The fourth-order valence-corrected chi connectivity index (χ4v) is 3.38. The number of esters is 1. The van der Waals surface area contributed by atoms with Gasteiger partial charge >= 0.3 is 5.97 Å². The minimum atomic E-state index is -0.548. The molecule has 29 heavy (non-hydrogen) atoms. The van der Waals surface area contributed by atoms with E-state index in [9.17, 15) is 14.7 Å². The van der Waals surface area contributed by atoms with Crippen molar-refractivity contribution in [3.8, 4) is 16.9 Å². The standard InChI is InChI=1S/C24H19NO4/c1-15-23(20-4-2-3-5-21(20)25-15)22(27)14-29-24(28)18-8-6-16(7-9-18)17-10-12-19(26)13-11-17/h2-13,25-26H,14H2,1H3. The molecule has 4 aromatic rings. The maximum atomic E-state index is 12.6. The third-order valence-corrected chi connectivity index (χ3v) is 4.83. The highest BCUT2D eigenvalue weighted by atomic mass is 16.5. The summed E-state index contributed by atoms with van der Waals surface area (Å²) in [7, 11) is 0. The number of H-pyrrole nitrogens is 1. The van der Waals surface area contributed by atoms with Gasteiger partial charge in [0.15, 0.2) is 6.61 Å². The fraction of sp³-hybridized carbons (Fsp3) is 0.0833. The number of ether oxygens (including phenoxy) is 1. The molecule has 1 heterocycles. The molecule has 0 saturated carbocycles. The number of para-hydroxylation sites is 1. The molecule has 1 aromatic heterocycles. The molecular weight excluding hydrogens is 366 g/mol. The van der Waals surface area contributed by atoms with Gasteiger partial charge in [-0.05, 0) is 48.4 Å². The molecule has 0 unspecified atom stereocenters. The van der Waals surface area contributed by atoms with E-state index in [4.69, 9.17) is 4.74 Å². The highest BCUT2D eigenvalue weighted by Gasteiger charge is 2.18. The van der Waals surface area contributed by atoms with Crippen molar-refractivity contribution >= 4 is 22.7 Å². The lowest BCUT2D eigenvalue weighted by Gasteiger charge is -2.06. The van der Waals surface area contributed by atoms with Crippen molar-refractivity contribution in [2.45, 2.75) is 6.92 Å². The molecule has 0 aliphatic carbocycles. The Morgan fingerprint density at radius 1 is 0.897 bits per heavy atom. The summed E-state index contributed by atoms with van der Waals surface area (Å²) in [6.45, 7) is 1.51. The number of hydrogen-bond acceptors (Lipinski definition) is 4. The number of phenols is 1. The van der Waals surface area contributed by atoms with E-state index in [-0.39, 0.29) is 18.1 Å². The second-order valence-electron chi connectivity index (χ2n) is 6.79. The van der Waals surface area contributed by atoms with E-state index in [1.54, 1.807) is 48.5 Å². The summed E-state index contributed by atoms with van der Waals surface area (Å²) in [5, 5.41) is 10.2. The summed E-state index contributed by atoms with van der Waals surface area (Å²) in [5.41, 5.74) is 4.39. The van der Waals surface area contributed by atoms with Crippen LogP contribution in [-0.2, 0) is 4.74 Å². The monoisotopic (exact) mass is 385 g/mol. The molecule has 0 amide bonds. The number of carbonyl (C=O) groups excluding carboxylic acids is 2. The summed E-state index contributed by atoms with van der Waals surface area (Å²) < 4.78 is 5.24. The summed E-state index contributed by atoms with van der Waals surface area (Å²) >= 11 is 0. The molecule has 0 fully saturated rings. The van der Waals surface area contributed by atoms with Crippen molar-refractivity contribution in [3.63, 3.8) is 0 Å². The maximum absolute atomic E-state index is 12.6. The van der Waals surface area contributed by atoms with Gasteiger partial charge in [0.25, 0.3) is 0 Å². The highest BCUT2D eigenvalue weighted by molar-refractivity contribution is 6.10. The number of carbonyl (C=O) groups is 2. The lowest BCUT2D eigenvalue weighted by atomic mass is 10.0. The topological polar surface area (TPSA) is 79.4 Å². The van der Waals surface area contributed by atoms with Crippen LogP contribution in [0.4, 0.5) is 0 Å². The zero-order valence-electron chi connectivity index (χ0n) is 15.8. The zero-order chi connectivity index (χ0) is 20.4. The molecule has 0 radical (unpaired) electrons. The molecule has 0 saturated heterocycles. The zero-order valence-corrected chi connectivity index (χ0v) is 15.8. The molecule has 4 rings (SSSR count). The minimum Gasteiger partial charge on any atom is -0.508 e. The van der Waals surface area contributed by atoms with Crippen LogP contribution >= 0.6 is 0 Å². The number of rotatable bonds is 5. The number of aromatic amines is 1.